The highest BCUT2D eigenvalue weighted by Crippen LogP contribution is 2.22. The van der Waals surface area contributed by atoms with Crippen LogP contribution in [0.3, 0.4) is 0 Å². The highest BCUT2D eigenvalue weighted by Gasteiger charge is 2.13. The van der Waals surface area contributed by atoms with E-state index in [4.69, 9.17) is 4.74 Å². The van der Waals surface area contributed by atoms with Crippen LogP contribution in [0.4, 0.5) is 5.69 Å². The van der Waals surface area contributed by atoms with Gasteiger partial charge in [0.05, 0.1) is 17.2 Å². The number of nitrogens with zero attached hydrogens (tertiary/aromatic N) is 3. The first-order valence-electron chi connectivity index (χ1n) is 10.0. The van der Waals surface area contributed by atoms with Gasteiger partial charge < -0.3 is 14.6 Å². The smallest absolute Gasteiger partial charge is 0.244 e. The summed E-state index contributed by atoms with van der Waals surface area (Å²) in [7, 11) is 0. The Labute approximate surface area is 182 Å². The van der Waals surface area contributed by atoms with E-state index in [1.165, 1.54) is 6.20 Å². The maximum absolute atomic E-state index is 12.9. The summed E-state index contributed by atoms with van der Waals surface area (Å²) in [5, 5.41) is 4.08. The third-order valence-electron chi connectivity index (χ3n) is 5.08. The maximum atomic E-state index is 12.9. The molecule has 3 aromatic carbocycles. The number of nitrogens with one attached hydrogen (secondary N) is 1. The third kappa shape index (κ3) is 3.79. The number of pyridine rings is 1. The van der Waals surface area contributed by atoms with Crippen LogP contribution in [0, 0.1) is 0 Å². The van der Waals surface area contributed by atoms with Crippen LogP contribution in [0.1, 0.15) is 0 Å². The molecule has 0 bridgehead atoms. The van der Waals surface area contributed by atoms with Gasteiger partial charge in [-0.2, -0.15) is 0 Å². The number of para-hydroxylation sites is 2. The molecule has 7 heteroatoms. The summed E-state index contributed by atoms with van der Waals surface area (Å²) in [5.74, 6) is 0.772. The number of aromatic nitrogens is 3. The predicted octanol–water partition coefficient (Wildman–Crippen LogP) is 4.38. The van der Waals surface area contributed by atoms with Crippen molar-refractivity contribution in [3.05, 3.63) is 102 Å². The number of rotatable bonds is 5. The molecule has 1 N–H and O–H groups in total. The van der Waals surface area contributed by atoms with E-state index in [0.717, 1.165) is 11.0 Å². The van der Waals surface area contributed by atoms with Gasteiger partial charge in [-0.25, -0.2) is 4.98 Å². The largest absolute Gasteiger partial charge is 0.438 e. The van der Waals surface area contributed by atoms with Gasteiger partial charge in [-0.15, -0.1) is 0 Å². The summed E-state index contributed by atoms with van der Waals surface area (Å²) >= 11 is 0. The number of hydrogen-bond acceptors (Lipinski definition) is 5. The van der Waals surface area contributed by atoms with Gasteiger partial charge in [0.15, 0.2) is 5.43 Å². The van der Waals surface area contributed by atoms with E-state index < -0.39 is 0 Å². The zero-order valence-electron chi connectivity index (χ0n) is 16.9. The highest BCUT2D eigenvalue weighted by molar-refractivity contribution is 5.97. The third-order valence-corrected chi connectivity index (χ3v) is 5.08. The Morgan fingerprint density at radius 3 is 2.16 bits per heavy atom. The Hall–Kier alpha value is -4.52. The van der Waals surface area contributed by atoms with Crippen molar-refractivity contribution in [2.24, 2.45) is 0 Å². The van der Waals surface area contributed by atoms with Crippen molar-refractivity contribution < 1.29 is 9.53 Å². The zero-order valence-corrected chi connectivity index (χ0v) is 16.9. The number of hydrogen-bond donors (Lipinski definition) is 1. The highest BCUT2D eigenvalue weighted by atomic mass is 16.5. The summed E-state index contributed by atoms with van der Waals surface area (Å²) in [6.07, 6.45) is 4.64. The number of anilines is 1. The topological polar surface area (TPSA) is 86.1 Å². The number of fused-ring (bicyclic) bond motifs is 2. The second-order valence-corrected chi connectivity index (χ2v) is 7.17. The van der Waals surface area contributed by atoms with Crippen molar-refractivity contribution in [2.45, 2.75) is 6.54 Å². The minimum absolute atomic E-state index is 0.0356. The standard InChI is InChI=1S/C25H18N4O3/c30-23(28-17-9-11-18(12-10-17)32-24-15-26-13-14-27-24)16-29-21-7-3-1-5-19(21)25(31)20-6-2-4-8-22(20)29/h1-15H,16H2,(H,28,30). The van der Waals surface area contributed by atoms with Gasteiger partial charge in [-0.05, 0) is 48.5 Å². The van der Waals surface area contributed by atoms with Gasteiger partial charge in [0.25, 0.3) is 0 Å². The van der Waals surface area contributed by atoms with Crippen molar-refractivity contribution in [3.63, 3.8) is 0 Å². The average Bonchev–Trinajstić information content (AvgIpc) is 2.84. The molecule has 0 aliphatic heterocycles. The molecule has 2 heterocycles. The van der Waals surface area contributed by atoms with E-state index in [1.807, 2.05) is 41.0 Å². The van der Waals surface area contributed by atoms with Gasteiger partial charge in [-0.3, -0.25) is 14.6 Å². The first-order valence-corrected chi connectivity index (χ1v) is 10.0. The molecule has 2 aromatic heterocycles. The van der Waals surface area contributed by atoms with Crippen LogP contribution in [0.2, 0.25) is 0 Å². The van der Waals surface area contributed by atoms with Crippen LogP contribution in [0.5, 0.6) is 11.6 Å². The first kappa shape index (κ1) is 19.4. The molecular formula is C25H18N4O3. The predicted molar refractivity (Wildman–Crippen MR) is 123 cm³/mol. The second kappa shape index (κ2) is 8.31. The molecule has 0 aliphatic rings. The van der Waals surface area contributed by atoms with Gasteiger partial charge >= 0.3 is 0 Å². The van der Waals surface area contributed by atoms with E-state index in [2.05, 4.69) is 15.3 Å². The summed E-state index contributed by atoms with van der Waals surface area (Å²) in [4.78, 5) is 33.7. The van der Waals surface area contributed by atoms with E-state index in [9.17, 15) is 9.59 Å². The van der Waals surface area contributed by atoms with Crippen LogP contribution in [0.25, 0.3) is 21.8 Å². The Morgan fingerprint density at radius 2 is 1.53 bits per heavy atom. The van der Waals surface area contributed by atoms with Gasteiger partial charge in [0.1, 0.15) is 12.3 Å². The Balaban J connectivity index is 1.39. The molecule has 0 radical (unpaired) electrons. The quantitative estimate of drug-likeness (QED) is 0.425. The van der Waals surface area contributed by atoms with Crippen LogP contribution in [-0.2, 0) is 11.3 Å². The van der Waals surface area contributed by atoms with Crippen molar-refractivity contribution in [3.8, 4) is 11.6 Å². The molecule has 5 aromatic rings. The molecule has 0 aliphatic carbocycles. The molecule has 0 saturated carbocycles. The van der Waals surface area contributed by atoms with Crippen molar-refractivity contribution in [2.75, 3.05) is 5.32 Å². The number of carbonyl (C=O) groups excluding carboxylic acids is 1. The SMILES string of the molecule is O=C(Cn1c2ccccc2c(=O)c2ccccc21)Nc1ccc(Oc2cnccn2)cc1. The fourth-order valence-electron chi connectivity index (χ4n) is 3.66. The molecule has 7 nitrogen and oxygen atoms in total. The molecule has 156 valence electrons. The number of amides is 1. The monoisotopic (exact) mass is 422 g/mol. The molecule has 0 saturated heterocycles. The second-order valence-electron chi connectivity index (χ2n) is 7.17. The summed E-state index contributed by atoms with van der Waals surface area (Å²) in [6, 6.07) is 21.7. The van der Waals surface area contributed by atoms with Crippen LogP contribution in [-0.4, -0.2) is 20.4 Å². The summed E-state index contributed by atoms with van der Waals surface area (Å²) in [5.41, 5.74) is 2.04. The Kier molecular flexibility index (Phi) is 5.05. The van der Waals surface area contributed by atoms with Crippen LogP contribution in [0.15, 0.2) is 96.2 Å². The van der Waals surface area contributed by atoms with Gasteiger partial charge in [0, 0.05) is 28.9 Å². The molecule has 0 spiro atoms. The Bertz CT molecular complexity index is 1420. The average molecular weight is 422 g/mol. The van der Waals surface area contributed by atoms with E-state index in [-0.39, 0.29) is 17.9 Å². The lowest BCUT2D eigenvalue weighted by Gasteiger charge is -2.15. The number of carbonyl (C=O) groups is 1. The van der Waals surface area contributed by atoms with Crippen LogP contribution >= 0.6 is 0 Å². The number of ether oxygens (including phenoxy) is 1. The number of benzene rings is 3. The summed E-state index contributed by atoms with van der Waals surface area (Å²) < 4.78 is 7.49. The minimum Gasteiger partial charge on any atom is -0.438 e. The van der Waals surface area contributed by atoms with Gasteiger partial charge in [-0.1, -0.05) is 24.3 Å². The molecule has 32 heavy (non-hydrogen) atoms. The Morgan fingerprint density at radius 1 is 0.875 bits per heavy atom. The molecule has 0 fully saturated rings. The maximum Gasteiger partial charge on any atom is 0.244 e. The van der Waals surface area contributed by atoms with Gasteiger partial charge in [0.2, 0.25) is 11.8 Å². The minimum atomic E-state index is -0.202. The lowest BCUT2D eigenvalue weighted by molar-refractivity contribution is -0.116. The van der Waals surface area contributed by atoms with Crippen molar-refractivity contribution in [1.82, 2.24) is 14.5 Å². The molecule has 0 atom stereocenters. The van der Waals surface area contributed by atoms with Crippen molar-refractivity contribution in [1.29, 1.82) is 0 Å². The molecule has 0 unspecified atom stereocenters. The van der Waals surface area contributed by atoms with Crippen LogP contribution < -0.4 is 15.5 Å². The zero-order chi connectivity index (χ0) is 21.9. The molecule has 5 rings (SSSR count). The fraction of sp³-hybridized carbons (Fsp3) is 0.0400. The molecular weight excluding hydrogens is 404 g/mol. The molecule has 1 amide bonds. The lowest BCUT2D eigenvalue weighted by Crippen LogP contribution is -2.21. The van der Waals surface area contributed by atoms with E-state index in [0.29, 0.717) is 28.1 Å². The lowest BCUT2D eigenvalue weighted by atomic mass is 10.1. The van der Waals surface area contributed by atoms with E-state index in [1.54, 1.807) is 48.8 Å². The van der Waals surface area contributed by atoms with E-state index >= 15 is 0 Å². The van der Waals surface area contributed by atoms with Crippen molar-refractivity contribution >= 4 is 33.4 Å². The fourth-order valence-corrected chi connectivity index (χ4v) is 3.66. The summed E-state index contributed by atoms with van der Waals surface area (Å²) in [6.45, 7) is 0.0686. The normalized spacial score (nSPS) is 10.9. The first-order chi connectivity index (χ1) is 15.7.